The van der Waals surface area contributed by atoms with Crippen molar-refractivity contribution in [3.63, 3.8) is 0 Å². The van der Waals surface area contributed by atoms with Crippen molar-refractivity contribution in [2.75, 3.05) is 20.2 Å². The van der Waals surface area contributed by atoms with Crippen LogP contribution in [0.25, 0.3) is 0 Å². The number of methoxy groups -OCH3 is 1. The van der Waals surface area contributed by atoms with Crippen LogP contribution in [0.5, 0.6) is 0 Å². The SMILES string of the molecule is CCN(CCC(=O)OC)C(=O)C(C)NC(C)=O. The molecule has 0 spiro atoms. The number of nitrogens with zero attached hydrogens (tertiary/aromatic N) is 1. The van der Waals surface area contributed by atoms with Gasteiger partial charge in [0.2, 0.25) is 11.8 Å². The third-order valence-corrected chi connectivity index (χ3v) is 2.30. The number of hydrogen-bond acceptors (Lipinski definition) is 4. The van der Waals surface area contributed by atoms with Crippen molar-refractivity contribution < 1.29 is 19.1 Å². The average Bonchev–Trinajstić information content (AvgIpc) is 2.28. The van der Waals surface area contributed by atoms with Gasteiger partial charge < -0.3 is 15.0 Å². The summed E-state index contributed by atoms with van der Waals surface area (Å²) in [5, 5.41) is 2.51. The molecule has 0 fully saturated rings. The minimum atomic E-state index is -0.579. The molecule has 0 saturated carbocycles. The van der Waals surface area contributed by atoms with Crippen LogP contribution in [-0.2, 0) is 19.1 Å². The highest BCUT2D eigenvalue weighted by atomic mass is 16.5. The predicted molar refractivity (Wildman–Crippen MR) is 62.2 cm³/mol. The molecule has 0 aromatic heterocycles. The summed E-state index contributed by atoms with van der Waals surface area (Å²) in [6.45, 7) is 5.57. The molecule has 0 aliphatic carbocycles. The van der Waals surface area contributed by atoms with Gasteiger partial charge in [0.1, 0.15) is 6.04 Å². The highest BCUT2D eigenvalue weighted by Crippen LogP contribution is 1.98. The number of carbonyl (C=O) groups excluding carboxylic acids is 3. The average molecular weight is 244 g/mol. The van der Waals surface area contributed by atoms with Gasteiger partial charge >= 0.3 is 5.97 Å². The van der Waals surface area contributed by atoms with Crippen LogP contribution < -0.4 is 5.32 Å². The Morgan fingerprint density at radius 1 is 1.35 bits per heavy atom. The van der Waals surface area contributed by atoms with Crippen molar-refractivity contribution in [2.24, 2.45) is 0 Å². The normalized spacial score (nSPS) is 11.5. The van der Waals surface area contributed by atoms with Gasteiger partial charge in [-0.3, -0.25) is 14.4 Å². The molecule has 0 aromatic rings. The molecule has 0 bridgehead atoms. The van der Waals surface area contributed by atoms with Crippen LogP contribution in [0, 0.1) is 0 Å². The van der Waals surface area contributed by atoms with Crippen molar-refractivity contribution >= 4 is 17.8 Å². The molecule has 0 rings (SSSR count). The fourth-order valence-corrected chi connectivity index (χ4v) is 1.39. The molecule has 6 nitrogen and oxygen atoms in total. The fourth-order valence-electron chi connectivity index (χ4n) is 1.39. The van der Waals surface area contributed by atoms with Gasteiger partial charge in [-0.2, -0.15) is 0 Å². The lowest BCUT2D eigenvalue weighted by molar-refractivity contribution is -0.142. The summed E-state index contributed by atoms with van der Waals surface area (Å²) in [5.41, 5.74) is 0. The van der Waals surface area contributed by atoms with Crippen LogP contribution in [0.15, 0.2) is 0 Å². The summed E-state index contributed by atoms with van der Waals surface area (Å²) >= 11 is 0. The van der Waals surface area contributed by atoms with E-state index in [0.29, 0.717) is 13.1 Å². The van der Waals surface area contributed by atoms with Crippen LogP contribution >= 0.6 is 0 Å². The first-order chi connectivity index (χ1) is 7.92. The summed E-state index contributed by atoms with van der Waals surface area (Å²) in [5.74, 6) is -0.815. The molecule has 1 atom stereocenters. The first kappa shape index (κ1) is 15.4. The van der Waals surface area contributed by atoms with E-state index in [2.05, 4.69) is 10.1 Å². The van der Waals surface area contributed by atoms with Gasteiger partial charge in [0.15, 0.2) is 0 Å². The summed E-state index contributed by atoms with van der Waals surface area (Å²) in [7, 11) is 1.31. The van der Waals surface area contributed by atoms with Crippen molar-refractivity contribution in [1.29, 1.82) is 0 Å². The fraction of sp³-hybridized carbons (Fsp3) is 0.727. The molecule has 17 heavy (non-hydrogen) atoms. The number of amides is 2. The molecule has 0 saturated heterocycles. The topological polar surface area (TPSA) is 75.7 Å². The van der Waals surface area contributed by atoms with E-state index in [1.54, 1.807) is 6.92 Å². The molecule has 0 heterocycles. The Balaban J connectivity index is 4.29. The predicted octanol–water partition coefficient (Wildman–Crippen LogP) is -0.0774. The highest BCUT2D eigenvalue weighted by Gasteiger charge is 2.20. The van der Waals surface area contributed by atoms with E-state index in [1.165, 1.54) is 18.9 Å². The van der Waals surface area contributed by atoms with E-state index in [1.807, 2.05) is 6.92 Å². The standard InChI is InChI=1S/C11H20N2O4/c1-5-13(7-6-10(15)17-4)11(16)8(2)12-9(3)14/h8H,5-7H2,1-4H3,(H,12,14). The Morgan fingerprint density at radius 3 is 2.35 bits per heavy atom. The van der Waals surface area contributed by atoms with Gasteiger partial charge in [0, 0.05) is 20.0 Å². The summed E-state index contributed by atoms with van der Waals surface area (Å²) in [6.07, 6.45) is 0.156. The maximum Gasteiger partial charge on any atom is 0.307 e. The quantitative estimate of drug-likeness (QED) is 0.663. The van der Waals surface area contributed by atoms with Gasteiger partial charge in [-0.15, -0.1) is 0 Å². The number of rotatable bonds is 6. The molecule has 0 radical (unpaired) electrons. The van der Waals surface area contributed by atoms with Crippen LogP contribution in [0.3, 0.4) is 0 Å². The smallest absolute Gasteiger partial charge is 0.307 e. The van der Waals surface area contributed by atoms with Gasteiger partial charge in [0.05, 0.1) is 13.5 Å². The zero-order chi connectivity index (χ0) is 13.4. The lowest BCUT2D eigenvalue weighted by Crippen LogP contribution is -2.46. The van der Waals surface area contributed by atoms with Crippen LogP contribution in [0.1, 0.15) is 27.2 Å². The molecule has 2 amide bonds. The van der Waals surface area contributed by atoms with E-state index in [-0.39, 0.29) is 24.2 Å². The summed E-state index contributed by atoms with van der Waals surface area (Å²) in [4.78, 5) is 35.2. The Bertz CT molecular complexity index is 291. The first-order valence-corrected chi connectivity index (χ1v) is 5.55. The van der Waals surface area contributed by atoms with Crippen LogP contribution in [0.4, 0.5) is 0 Å². The second kappa shape index (κ2) is 7.65. The van der Waals surface area contributed by atoms with Crippen molar-refractivity contribution in [3.05, 3.63) is 0 Å². The molecule has 6 heteroatoms. The monoisotopic (exact) mass is 244 g/mol. The largest absolute Gasteiger partial charge is 0.469 e. The van der Waals surface area contributed by atoms with E-state index < -0.39 is 6.04 Å². The van der Waals surface area contributed by atoms with Gasteiger partial charge in [0.25, 0.3) is 0 Å². The second-order valence-electron chi connectivity index (χ2n) is 3.67. The molecular formula is C11H20N2O4. The molecule has 1 unspecified atom stereocenters. The number of ether oxygens (including phenoxy) is 1. The summed E-state index contributed by atoms with van der Waals surface area (Å²) < 4.78 is 4.50. The molecule has 0 aliphatic rings. The minimum Gasteiger partial charge on any atom is -0.469 e. The van der Waals surface area contributed by atoms with Gasteiger partial charge in [-0.25, -0.2) is 0 Å². The number of nitrogens with one attached hydrogen (secondary N) is 1. The third-order valence-electron chi connectivity index (χ3n) is 2.30. The van der Waals surface area contributed by atoms with Crippen molar-refractivity contribution in [1.82, 2.24) is 10.2 Å². The zero-order valence-corrected chi connectivity index (χ0v) is 10.8. The minimum absolute atomic E-state index is 0.156. The Morgan fingerprint density at radius 2 is 1.94 bits per heavy atom. The lowest BCUT2D eigenvalue weighted by Gasteiger charge is -2.24. The van der Waals surface area contributed by atoms with Crippen LogP contribution in [-0.4, -0.2) is 48.9 Å². The van der Waals surface area contributed by atoms with E-state index in [4.69, 9.17) is 0 Å². The Hall–Kier alpha value is -1.59. The van der Waals surface area contributed by atoms with Gasteiger partial charge in [-0.1, -0.05) is 0 Å². The van der Waals surface area contributed by atoms with E-state index in [9.17, 15) is 14.4 Å². The first-order valence-electron chi connectivity index (χ1n) is 5.55. The number of esters is 1. The van der Waals surface area contributed by atoms with Crippen LogP contribution in [0.2, 0.25) is 0 Å². The number of hydrogen-bond donors (Lipinski definition) is 1. The second-order valence-corrected chi connectivity index (χ2v) is 3.67. The zero-order valence-electron chi connectivity index (χ0n) is 10.8. The highest BCUT2D eigenvalue weighted by molar-refractivity contribution is 5.86. The Kier molecular flexibility index (Phi) is 6.93. The number of carbonyl (C=O) groups is 3. The van der Waals surface area contributed by atoms with E-state index >= 15 is 0 Å². The molecule has 98 valence electrons. The maximum atomic E-state index is 11.9. The third kappa shape index (κ3) is 5.89. The van der Waals surface area contributed by atoms with E-state index in [0.717, 1.165) is 0 Å². The van der Waals surface area contributed by atoms with Gasteiger partial charge in [-0.05, 0) is 13.8 Å². The summed E-state index contributed by atoms with van der Waals surface area (Å²) in [6, 6.07) is -0.579. The lowest BCUT2D eigenvalue weighted by atomic mass is 10.2. The van der Waals surface area contributed by atoms with Crippen molar-refractivity contribution in [2.45, 2.75) is 33.2 Å². The molecule has 0 aliphatic heterocycles. The molecule has 1 N–H and O–H groups in total. The maximum absolute atomic E-state index is 11.9. The molecule has 0 aromatic carbocycles. The number of likely N-dealkylation sites (N-methyl/N-ethyl adjacent to an activating group) is 1. The Labute approximate surface area is 101 Å². The van der Waals surface area contributed by atoms with Crippen molar-refractivity contribution in [3.8, 4) is 0 Å². The molecular weight excluding hydrogens is 224 g/mol.